The number of halogens is 2. The van der Waals surface area contributed by atoms with E-state index in [1.165, 1.54) is 12.1 Å². The standard InChI is InChI=1S/C18H19F2N5O2/c1-10(12-5-4-6-14(7-12)27-17(19)20)22-18(26)23-13-8-15-11(2)24-25(3)16(15)21-9-13/h4-10,17H,1-3H3,(H2,22,23,26). The van der Waals surface area contributed by atoms with Crippen LogP contribution in [0.2, 0.25) is 0 Å². The number of nitrogens with zero attached hydrogens (tertiary/aromatic N) is 3. The number of carbonyl (C=O) groups is 1. The third kappa shape index (κ3) is 4.30. The number of nitrogens with one attached hydrogen (secondary N) is 2. The van der Waals surface area contributed by atoms with Gasteiger partial charge in [0.15, 0.2) is 5.65 Å². The average molecular weight is 375 g/mol. The normalized spacial score (nSPS) is 12.2. The first-order valence-corrected chi connectivity index (χ1v) is 8.25. The van der Waals surface area contributed by atoms with E-state index in [4.69, 9.17) is 0 Å². The monoisotopic (exact) mass is 375 g/mol. The number of hydrogen-bond acceptors (Lipinski definition) is 4. The van der Waals surface area contributed by atoms with Gasteiger partial charge in [0.2, 0.25) is 0 Å². The van der Waals surface area contributed by atoms with Crippen molar-refractivity contribution in [3.8, 4) is 5.75 Å². The molecule has 0 aliphatic carbocycles. The second-order valence-corrected chi connectivity index (χ2v) is 6.08. The van der Waals surface area contributed by atoms with Crippen LogP contribution >= 0.6 is 0 Å². The molecule has 0 radical (unpaired) electrons. The largest absolute Gasteiger partial charge is 0.435 e. The molecule has 0 bridgehead atoms. The van der Waals surface area contributed by atoms with Gasteiger partial charge in [0.05, 0.1) is 23.6 Å². The number of benzene rings is 1. The summed E-state index contributed by atoms with van der Waals surface area (Å²) in [5.74, 6) is 0.0401. The molecule has 27 heavy (non-hydrogen) atoms. The van der Waals surface area contributed by atoms with E-state index in [2.05, 4.69) is 25.5 Å². The van der Waals surface area contributed by atoms with Crippen LogP contribution in [0.1, 0.15) is 24.2 Å². The Morgan fingerprint density at radius 1 is 1.30 bits per heavy atom. The molecule has 2 heterocycles. The molecule has 0 saturated carbocycles. The van der Waals surface area contributed by atoms with Gasteiger partial charge in [-0.05, 0) is 37.6 Å². The second-order valence-electron chi connectivity index (χ2n) is 6.08. The summed E-state index contributed by atoms with van der Waals surface area (Å²) in [6, 6.07) is 7.14. The molecule has 142 valence electrons. The van der Waals surface area contributed by atoms with E-state index in [1.807, 2.05) is 6.92 Å². The lowest BCUT2D eigenvalue weighted by molar-refractivity contribution is -0.0499. The number of aryl methyl sites for hydroxylation is 2. The van der Waals surface area contributed by atoms with Crippen LogP contribution in [0.25, 0.3) is 11.0 Å². The number of carbonyl (C=O) groups excluding carboxylic acids is 1. The zero-order valence-corrected chi connectivity index (χ0v) is 15.0. The van der Waals surface area contributed by atoms with Gasteiger partial charge in [-0.25, -0.2) is 9.78 Å². The minimum atomic E-state index is -2.90. The maximum absolute atomic E-state index is 12.3. The van der Waals surface area contributed by atoms with Gasteiger partial charge >= 0.3 is 12.6 Å². The molecule has 7 nitrogen and oxygen atoms in total. The third-order valence-corrected chi connectivity index (χ3v) is 4.05. The van der Waals surface area contributed by atoms with Crippen molar-refractivity contribution in [3.63, 3.8) is 0 Å². The van der Waals surface area contributed by atoms with Gasteiger partial charge in [0.1, 0.15) is 5.75 Å². The van der Waals surface area contributed by atoms with Crippen molar-refractivity contribution in [1.82, 2.24) is 20.1 Å². The van der Waals surface area contributed by atoms with Crippen LogP contribution in [0.4, 0.5) is 19.3 Å². The predicted octanol–water partition coefficient (Wildman–Crippen LogP) is 3.76. The van der Waals surface area contributed by atoms with Gasteiger partial charge in [0, 0.05) is 12.4 Å². The lowest BCUT2D eigenvalue weighted by atomic mass is 10.1. The minimum Gasteiger partial charge on any atom is -0.435 e. The van der Waals surface area contributed by atoms with Gasteiger partial charge in [-0.3, -0.25) is 4.68 Å². The van der Waals surface area contributed by atoms with Crippen LogP contribution < -0.4 is 15.4 Å². The van der Waals surface area contributed by atoms with E-state index < -0.39 is 18.7 Å². The highest BCUT2D eigenvalue weighted by Crippen LogP contribution is 2.22. The number of amides is 2. The molecule has 0 fully saturated rings. The van der Waals surface area contributed by atoms with Gasteiger partial charge in [-0.15, -0.1) is 0 Å². The van der Waals surface area contributed by atoms with Crippen molar-refractivity contribution < 1.29 is 18.3 Å². The van der Waals surface area contributed by atoms with Crippen LogP contribution in [0.3, 0.4) is 0 Å². The fourth-order valence-corrected chi connectivity index (χ4v) is 2.78. The van der Waals surface area contributed by atoms with Gasteiger partial charge < -0.3 is 15.4 Å². The summed E-state index contributed by atoms with van der Waals surface area (Å²) >= 11 is 0. The number of hydrogen-bond donors (Lipinski definition) is 2. The fourth-order valence-electron chi connectivity index (χ4n) is 2.78. The molecular formula is C18H19F2N5O2. The number of alkyl halides is 2. The van der Waals surface area contributed by atoms with Crippen molar-refractivity contribution in [3.05, 3.63) is 47.8 Å². The van der Waals surface area contributed by atoms with E-state index in [1.54, 1.807) is 43.0 Å². The minimum absolute atomic E-state index is 0.0401. The van der Waals surface area contributed by atoms with Crippen LogP contribution in [0.15, 0.2) is 36.5 Å². The molecule has 3 aromatic rings. The molecule has 0 aliphatic heterocycles. The lowest BCUT2D eigenvalue weighted by Gasteiger charge is -2.16. The van der Waals surface area contributed by atoms with Gasteiger partial charge in [0.25, 0.3) is 0 Å². The highest BCUT2D eigenvalue weighted by atomic mass is 19.3. The number of rotatable bonds is 5. The van der Waals surface area contributed by atoms with Gasteiger partial charge in [-0.2, -0.15) is 13.9 Å². The third-order valence-electron chi connectivity index (χ3n) is 4.05. The van der Waals surface area contributed by atoms with Crippen molar-refractivity contribution in [1.29, 1.82) is 0 Å². The second kappa shape index (κ2) is 7.56. The molecule has 1 atom stereocenters. The number of aromatic nitrogens is 3. The van der Waals surface area contributed by atoms with Crippen LogP contribution in [-0.4, -0.2) is 27.4 Å². The number of anilines is 1. The molecule has 0 saturated heterocycles. The van der Waals surface area contributed by atoms with Crippen LogP contribution in [0, 0.1) is 6.92 Å². The predicted molar refractivity (Wildman–Crippen MR) is 96.9 cm³/mol. The summed E-state index contributed by atoms with van der Waals surface area (Å²) in [7, 11) is 1.80. The van der Waals surface area contributed by atoms with Crippen molar-refractivity contribution >= 4 is 22.8 Å². The molecule has 3 rings (SSSR count). The number of urea groups is 1. The number of ether oxygens (including phenoxy) is 1. The first-order valence-electron chi connectivity index (χ1n) is 8.25. The molecule has 1 unspecified atom stereocenters. The maximum Gasteiger partial charge on any atom is 0.387 e. The average Bonchev–Trinajstić information content (AvgIpc) is 2.88. The molecular weight excluding hydrogens is 356 g/mol. The molecule has 2 amide bonds. The Hall–Kier alpha value is -3.23. The zero-order chi connectivity index (χ0) is 19.6. The summed E-state index contributed by atoms with van der Waals surface area (Å²) in [6.45, 7) is 0.711. The molecule has 2 aromatic heterocycles. The number of fused-ring (bicyclic) bond motifs is 1. The molecule has 0 spiro atoms. The van der Waals surface area contributed by atoms with Crippen LogP contribution in [-0.2, 0) is 7.05 Å². The lowest BCUT2D eigenvalue weighted by Crippen LogP contribution is -2.31. The smallest absolute Gasteiger partial charge is 0.387 e. The zero-order valence-electron chi connectivity index (χ0n) is 15.0. The first-order chi connectivity index (χ1) is 12.8. The SMILES string of the molecule is Cc1nn(C)c2ncc(NC(=O)NC(C)c3cccc(OC(F)F)c3)cc12. The van der Waals surface area contributed by atoms with Crippen LogP contribution in [0.5, 0.6) is 5.75 Å². The highest BCUT2D eigenvalue weighted by Gasteiger charge is 2.13. The summed E-state index contributed by atoms with van der Waals surface area (Å²) < 4.78 is 30.7. The van der Waals surface area contributed by atoms with Crippen molar-refractivity contribution in [2.24, 2.45) is 7.05 Å². The Morgan fingerprint density at radius 2 is 2.07 bits per heavy atom. The van der Waals surface area contributed by atoms with E-state index in [-0.39, 0.29) is 5.75 Å². The highest BCUT2D eigenvalue weighted by molar-refractivity contribution is 5.92. The summed E-state index contributed by atoms with van der Waals surface area (Å²) in [5.41, 5.74) is 2.70. The summed E-state index contributed by atoms with van der Waals surface area (Å²) in [4.78, 5) is 16.6. The van der Waals surface area contributed by atoms with E-state index in [0.29, 0.717) is 11.3 Å². The van der Waals surface area contributed by atoms with Crippen molar-refractivity contribution in [2.75, 3.05) is 5.32 Å². The Balaban J connectivity index is 1.67. The summed E-state index contributed by atoms with van der Waals surface area (Å²) in [5, 5.41) is 10.6. The Bertz CT molecular complexity index is 974. The van der Waals surface area contributed by atoms with E-state index in [9.17, 15) is 13.6 Å². The summed E-state index contributed by atoms with van der Waals surface area (Å²) in [6.07, 6.45) is 1.55. The first kappa shape index (κ1) is 18.6. The maximum atomic E-state index is 12.3. The molecule has 9 heteroatoms. The number of pyridine rings is 1. The van der Waals surface area contributed by atoms with Crippen molar-refractivity contribution in [2.45, 2.75) is 26.5 Å². The Labute approximate surface area is 154 Å². The molecule has 0 aliphatic rings. The van der Waals surface area contributed by atoms with E-state index >= 15 is 0 Å². The molecule has 1 aromatic carbocycles. The fraction of sp³-hybridized carbons (Fsp3) is 0.278. The molecule has 2 N–H and O–H groups in total. The topological polar surface area (TPSA) is 81.1 Å². The van der Waals surface area contributed by atoms with Gasteiger partial charge in [-0.1, -0.05) is 12.1 Å². The van der Waals surface area contributed by atoms with E-state index in [0.717, 1.165) is 16.7 Å². The Kier molecular flexibility index (Phi) is 5.20. The quantitative estimate of drug-likeness (QED) is 0.711. The Morgan fingerprint density at radius 3 is 2.81 bits per heavy atom.